The predicted molar refractivity (Wildman–Crippen MR) is 92.4 cm³/mol. The number of fused-ring (bicyclic) bond motifs is 1. The van der Waals surface area contributed by atoms with E-state index in [1.54, 1.807) is 6.92 Å². The molecule has 6 nitrogen and oxygen atoms in total. The Morgan fingerprint density at radius 1 is 1.28 bits per heavy atom. The summed E-state index contributed by atoms with van der Waals surface area (Å²) >= 11 is 0. The minimum Gasteiger partial charge on any atom is -0.480 e. The Morgan fingerprint density at radius 2 is 2.08 bits per heavy atom. The largest absolute Gasteiger partial charge is 0.480 e. The minimum absolute atomic E-state index is 0.126. The van der Waals surface area contributed by atoms with Gasteiger partial charge in [-0.25, -0.2) is 9.78 Å². The second kappa shape index (κ2) is 7.42. The number of amides is 1. The second-order valence-electron chi connectivity index (χ2n) is 6.43. The lowest BCUT2D eigenvalue weighted by Gasteiger charge is -2.28. The second-order valence-corrected chi connectivity index (χ2v) is 6.43. The van der Waals surface area contributed by atoms with Crippen molar-refractivity contribution in [3.05, 3.63) is 59.2 Å². The molecular formula is C19H21N3O3. The topological polar surface area (TPSA) is 92.2 Å². The Morgan fingerprint density at radius 3 is 2.80 bits per heavy atom. The highest BCUT2D eigenvalue weighted by molar-refractivity contribution is 5.94. The quantitative estimate of drug-likeness (QED) is 0.873. The average Bonchev–Trinajstić information content (AvgIpc) is 2.61. The fourth-order valence-corrected chi connectivity index (χ4v) is 3.35. The maximum absolute atomic E-state index is 12.3. The maximum atomic E-state index is 12.3. The van der Waals surface area contributed by atoms with E-state index in [0.29, 0.717) is 12.1 Å². The number of nitrogens with zero attached hydrogens (tertiary/aromatic N) is 2. The fraction of sp³-hybridized carbons (Fsp3) is 0.368. The first kappa shape index (κ1) is 17.1. The SMILES string of the molecule is Cc1cnc(C(=O)NC(CC2CCCc3ccccc32)C(=O)O)cn1. The molecule has 1 aromatic heterocycles. The number of benzene rings is 1. The Labute approximate surface area is 146 Å². The van der Waals surface area contributed by atoms with Crippen molar-refractivity contribution in [1.29, 1.82) is 0 Å². The van der Waals surface area contributed by atoms with Crippen molar-refractivity contribution in [3.63, 3.8) is 0 Å². The van der Waals surface area contributed by atoms with Gasteiger partial charge in [-0.15, -0.1) is 0 Å². The number of carbonyl (C=O) groups is 2. The Bertz CT molecular complexity index is 774. The number of aryl methyl sites for hydroxylation is 2. The zero-order valence-electron chi connectivity index (χ0n) is 14.1. The molecule has 1 heterocycles. The number of nitrogens with one attached hydrogen (secondary N) is 1. The summed E-state index contributed by atoms with van der Waals surface area (Å²) in [5, 5.41) is 12.1. The molecule has 0 spiro atoms. The zero-order valence-corrected chi connectivity index (χ0v) is 14.1. The van der Waals surface area contributed by atoms with E-state index in [9.17, 15) is 14.7 Å². The molecule has 130 valence electrons. The Kier molecular flexibility index (Phi) is 5.07. The number of aliphatic carboxylic acids is 1. The molecule has 0 saturated carbocycles. The molecule has 0 bridgehead atoms. The van der Waals surface area contributed by atoms with E-state index < -0.39 is 17.9 Å². The monoisotopic (exact) mass is 339 g/mol. The fourth-order valence-electron chi connectivity index (χ4n) is 3.35. The van der Waals surface area contributed by atoms with Gasteiger partial charge in [0, 0.05) is 6.20 Å². The number of carboxylic acid groups (broad SMARTS) is 1. The number of carboxylic acids is 1. The van der Waals surface area contributed by atoms with Crippen molar-refractivity contribution in [2.24, 2.45) is 0 Å². The molecule has 2 N–H and O–H groups in total. The van der Waals surface area contributed by atoms with Crippen LogP contribution in [0.5, 0.6) is 0 Å². The van der Waals surface area contributed by atoms with Crippen LogP contribution in [-0.2, 0) is 11.2 Å². The molecule has 0 saturated heterocycles. The molecule has 0 fully saturated rings. The first-order chi connectivity index (χ1) is 12.0. The van der Waals surface area contributed by atoms with E-state index >= 15 is 0 Å². The van der Waals surface area contributed by atoms with Gasteiger partial charge >= 0.3 is 5.97 Å². The van der Waals surface area contributed by atoms with Crippen molar-refractivity contribution in [2.75, 3.05) is 0 Å². The normalized spacial score (nSPS) is 17.4. The molecule has 1 aliphatic rings. The Hall–Kier alpha value is -2.76. The van der Waals surface area contributed by atoms with Crippen LogP contribution in [0.1, 0.15) is 52.5 Å². The van der Waals surface area contributed by atoms with Gasteiger partial charge in [-0.2, -0.15) is 0 Å². The molecule has 1 aromatic carbocycles. The summed E-state index contributed by atoms with van der Waals surface area (Å²) in [6.45, 7) is 1.77. The van der Waals surface area contributed by atoms with Gasteiger partial charge in [0.25, 0.3) is 5.91 Å². The van der Waals surface area contributed by atoms with Gasteiger partial charge in [-0.3, -0.25) is 9.78 Å². The standard InChI is InChI=1S/C19H21N3O3/c1-12-10-21-17(11-20-12)18(23)22-16(19(24)25)9-14-7-4-6-13-5-2-3-8-15(13)14/h2-3,5,8,10-11,14,16H,4,6-7,9H2,1H3,(H,22,23)(H,24,25). The van der Waals surface area contributed by atoms with Crippen LogP contribution in [0.2, 0.25) is 0 Å². The van der Waals surface area contributed by atoms with Crippen LogP contribution in [0.25, 0.3) is 0 Å². The van der Waals surface area contributed by atoms with Gasteiger partial charge in [0.2, 0.25) is 0 Å². The first-order valence-electron chi connectivity index (χ1n) is 8.44. The van der Waals surface area contributed by atoms with E-state index in [-0.39, 0.29) is 11.6 Å². The van der Waals surface area contributed by atoms with Crippen molar-refractivity contribution in [1.82, 2.24) is 15.3 Å². The number of hydrogen-bond donors (Lipinski definition) is 2. The average molecular weight is 339 g/mol. The summed E-state index contributed by atoms with van der Waals surface area (Å²) in [4.78, 5) is 32.0. The van der Waals surface area contributed by atoms with Crippen LogP contribution in [0.15, 0.2) is 36.7 Å². The lowest BCUT2D eigenvalue weighted by Crippen LogP contribution is -2.42. The van der Waals surface area contributed by atoms with E-state index in [0.717, 1.165) is 19.3 Å². The minimum atomic E-state index is -1.03. The summed E-state index contributed by atoms with van der Waals surface area (Å²) < 4.78 is 0. The highest BCUT2D eigenvalue weighted by Crippen LogP contribution is 2.34. The van der Waals surface area contributed by atoms with Gasteiger partial charge in [0.15, 0.2) is 0 Å². The lowest BCUT2D eigenvalue weighted by atomic mass is 9.79. The first-order valence-corrected chi connectivity index (χ1v) is 8.44. The number of carbonyl (C=O) groups excluding carboxylic acids is 1. The molecule has 2 atom stereocenters. The summed E-state index contributed by atoms with van der Waals surface area (Å²) in [5.74, 6) is -1.41. The molecule has 2 aromatic rings. The molecule has 1 aliphatic carbocycles. The van der Waals surface area contributed by atoms with Crippen LogP contribution >= 0.6 is 0 Å². The predicted octanol–water partition coefficient (Wildman–Crippen LogP) is 2.48. The highest BCUT2D eigenvalue weighted by atomic mass is 16.4. The molecule has 25 heavy (non-hydrogen) atoms. The van der Waals surface area contributed by atoms with Gasteiger partial charge in [-0.1, -0.05) is 24.3 Å². The van der Waals surface area contributed by atoms with Crippen molar-refractivity contribution in [3.8, 4) is 0 Å². The van der Waals surface area contributed by atoms with Crippen LogP contribution in [0.4, 0.5) is 0 Å². The Balaban J connectivity index is 1.73. The van der Waals surface area contributed by atoms with Crippen LogP contribution in [0, 0.1) is 6.92 Å². The van der Waals surface area contributed by atoms with E-state index in [1.807, 2.05) is 12.1 Å². The van der Waals surface area contributed by atoms with Gasteiger partial charge in [0.1, 0.15) is 11.7 Å². The molecule has 1 amide bonds. The molecule has 2 unspecified atom stereocenters. The molecular weight excluding hydrogens is 318 g/mol. The molecule has 3 rings (SSSR count). The zero-order chi connectivity index (χ0) is 17.8. The number of hydrogen-bond acceptors (Lipinski definition) is 4. The number of rotatable bonds is 5. The van der Waals surface area contributed by atoms with Crippen LogP contribution < -0.4 is 5.32 Å². The van der Waals surface area contributed by atoms with Gasteiger partial charge < -0.3 is 10.4 Å². The third kappa shape index (κ3) is 4.02. The number of aromatic nitrogens is 2. The smallest absolute Gasteiger partial charge is 0.326 e. The van der Waals surface area contributed by atoms with Crippen molar-refractivity contribution in [2.45, 2.75) is 44.6 Å². The summed E-state index contributed by atoms with van der Waals surface area (Å²) in [6.07, 6.45) is 6.21. The van der Waals surface area contributed by atoms with Crippen LogP contribution in [-0.4, -0.2) is 33.0 Å². The van der Waals surface area contributed by atoms with Crippen LogP contribution in [0.3, 0.4) is 0 Å². The summed E-state index contributed by atoms with van der Waals surface area (Å²) in [6, 6.07) is 7.19. The molecule has 6 heteroatoms. The van der Waals surface area contributed by atoms with Gasteiger partial charge in [-0.05, 0) is 49.7 Å². The van der Waals surface area contributed by atoms with Gasteiger partial charge in [0.05, 0.1) is 11.9 Å². The van der Waals surface area contributed by atoms with Crippen molar-refractivity contribution >= 4 is 11.9 Å². The third-order valence-electron chi connectivity index (χ3n) is 4.63. The summed E-state index contributed by atoms with van der Waals surface area (Å²) in [5.41, 5.74) is 3.30. The molecule has 0 aliphatic heterocycles. The van der Waals surface area contributed by atoms with E-state index in [2.05, 4.69) is 27.4 Å². The van der Waals surface area contributed by atoms with Crippen molar-refractivity contribution < 1.29 is 14.7 Å². The van der Waals surface area contributed by atoms with E-state index in [4.69, 9.17) is 0 Å². The molecule has 0 radical (unpaired) electrons. The maximum Gasteiger partial charge on any atom is 0.326 e. The third-order valence-corrected chi connectivity index (χ3v) is 4.63. The summed E-state index contributed by atoms with van der Waals surface area (Å²) in [7, 11) is 0. The lowest BCUT2D eigenvalue weighted by molar-refractivity contribution is -0.139. The highest BCUT2D eigenvalue weighted by Gasteiger charge is 2.28. The van der Waals surface area contributed by atoms with E-state index in [1.165, 1.54) is 23.5 Å².